The maximum absolute atomic E-state index is 10.9. The van der Waals surface area contributed by atoms with Crippen molar-refractivity contribution in [2.45, 2.75) is 6.92 Å². The lowest BCUT2D eigenvalue weighted by atomic mass is 10.3. The average molecular weight is 226 g/mol. The molecule has 0 saturated carbocycles. The second-order valence-electron chi connectivity index (χ2n) is 3.83. The van der Waals surface area contributed by atoms with Gasteiger partial charge in [0.2, 0.25) is 0 Å². The fourth-order valence-corrected chi connectivity index (χ4v) is 1.82. The molecule has 0 radical (unpaired) electrons. The van der Waals surface area contributed by atoms with E-state index < -0.39 is 0 Å². The molecule has 0 bridgehead atoms. The Bertz CT molecular complexity index is 694. The van der Waals surface area contributed by atoms with Gasteiger partial charge in [-0.3, -0.25) is 9.20 Å². The van der Waals surface area contributed by atoms with Crippen molar-refractivity contribution in [1.82, 2.24) is 9.38 Å². The second-order valence-corrected chi connectivity index (χ2v) is 3.83. The molecule has 3 aromatic rings. The number of aryl methyl sites for hydroxylation is 1. The molecule has 0 fully saturated rings. The van der Waals surface area contributed by atoms with Crippen LogP contribution in [0.4, 0.5) is 0 Å². The summed E-state index contributed by atoms with van der Waals surface area (Å²) >= 11 is 0. The zero-order chi connectivity index (χ0) is 11.8. The molecule has 0 aromatic carbocycles. The molecule has 4 heteroatoms. The standard InChI is InChI=1S/C13H10N2O2/c1-9-5-6-12(17-9)11-7-15-10(8-16)3-2-4-13(15)14-11/h2-8H,1H3. The van der Waals surface area contributed by atoms with E-state index in [1.807, 2.05) is 31.2 Å². The van der Waals surface area contributed by atoms with Crippen molar-refractivity contribution in [3.63, 3.8) is 0 Å². The second kappa shape index (κ2) is 3.59. The number of furan rings is 1. The number of carbonyl (C=O) groups is 1. The molecule has 84 valence electrons. The summed E-state index contributed by atoms with van der Waals surface area (Å²) in [4.78, 5) is 15.3. The van der Waals surface area contributed by atoms with E-state index in [0.717, 1.165) is 23.4 Å². The first-order valence-corrected chi connectivity index (χ1v) is 5.28. The number of aromatic nitrogens is 2. The van der Waals surface area contributed by atoms with E-state index in [4.69, 9.17) is 4.42 Å². The summed E-state index contributed by atoms with van der Waals surface area (Å²) < 4.78 is 7.26. The van der Waals surface area contributed by atoms with Gasteiger partial charge in [0.25, 0.3) is 0 Å². The van der Waals surface area contributed by atoms with Gasteiger partial charge in [-0.2, -0.15) is 0 Å². The summed E-state index contributed by atoms with van der Waals surface area (Å²) in [5.41, 5.74) is 2.04. The lowest BCUT2D eigenvalue weighted by molar-refractivity contribution is 0.111. The molecule has 3 heterocycles. The van der Waals surface area contributed by atoms with Crippen molar-refractivity contribution in [2.75, 3.05) is 0 Å². The summed E-state index contributed by atoms with van der Waals surface area (Å²) in [7, 11) is 0. The topological polar surface area (TPSA) is 47.5 Å². The minimum Gasteiger partial charge on any atom is -0.460 e. The molecule has 17 heavy (non-hydrogen) atoms. The third-order valence-corrected chi connectivity index (χ3v) is 2.64. The van der Waals surface area contributed by atoms with Crippen molar-refractivity contribution in [3.8, 4) is 11.5 Å². The highest BCUT2D eigenvalue weighted by molar-refractivity contribution is 5.74. The molecule has 3 aromatic heterocycles. The third kappa shape index (κ3) is 1.54. The van der Waals surface area contributed by atoms with Gasteiger partial charge in [-0.25, -0.2) is 4.98 Å². The van der Waals surface area contributed by atoms with E-state index in [2.05, 4.69) is 4.98 Å². The summed E-state index contributed by atoms with van der Waals surface area (Å²) in [6.45, 7) is 1.89. The molecule has 0 amide bonds. The highest BCUT2D eigenvalue weighted by atomic mass is 16.3. The molecular weight excluding hydrogens is 216 g/mol. The number of carbonyl (C=O) groups excluding carboxylic acids is 1. The van der Waals surface area contributed by atoms with Crippen LogP contribution in [0, 0.1) is 6.92 Å². The Kier molecular flexibility index (Phi) is 2.08. The maximum Gasteiger partial charge on any atom is 0.166 e. The van der Waals surface area contributed by atoms with E-state index in [1.165, 1.54) is 0 Å². The maximum atomic E-state index is 10.9. The van der Waals surface area contributed by atoms with Crippen LogP contribution in [0.15, 0.2) is 40.9 Å². The summed E-state index contributed by atoms with van der Waals surface area (Å²) in [5.74, 6) is 1.55. The van der Waals surface area contributed by atoms with E-state index in [1.54, 1.807) is 16.7 Å². The normalized spacial score (nSPS) is 10.9. The van der Waals surface area contributed by atoms with Crippen molar-refractivity contribution >= 4 is 11.9 Å². The third-order valence-electron chi connectivity index (χ3n) is 2.64. The Balaban J connectivity index is 2.23. The minimum atomic E-state index is 0.574. The van der Waals surface area contributed by atoms with E-state index in [9.17, 15) is 4.79 Å². The van der Waals surface area contributed by atoms with Crippen molar-refractivity contribution in [1.29, 1.82) is 0 Å². The summed E-state index contributed by atoms with van der Waals surface area (Å²) in [6, 6.07) is 9.17. The van der Waals surface area contributed by atoms with Gasteiger partial charge in [0, 0.05) is 6.20 Å². The highest BCUT2D eigenvalue weighted by Gasteiger charge is 2.09. The van der Waals surface area contributed by atoms with Crippen LogP contribution in [-0.4, -0.2) is 15.7 Å². The van der Waals surface area contributed by atoms with Crippen LogP contribution in [0.25, 0.3) is 17.1 Å². The van der Waals surface area contributed by atoms with E-state index >= 15 is 0 Å². The number of aldehydes is 1. The van der Waals surface area contributed by atoms with Crippen molar-refractivity contribution < 1.29 is 9.21 Å². The van der Waals surface area contributed by atoms with Gasteiger partial charge in [-0.05, 0) is 31.2 Å². The van der Waals surface area contributed by atoms with Crippen LogP contribution in [-0.2, 0) is 0 Å². The van der Waals surface area contributed by atoms with Gasteiger partial charge in [-0.15, -0.1) is 0 Å². The number of hydrogen-bond donors (Lipinski definition) is 0. The van der Waals surface area contributed by atoms with Crippen LogP contribution in [0.3, 0.4) is 0 Å². The lowest BCUT2D eigenvalue weighted by Gasteiger charge is -1.94. The van der Waals surface area contributed by atoms with Crippen LogP contribution >= 0.6 is 0 Å². The summed E-state index contributed by atoms with van der Waals surface area (Å²) in [5, 5.41) is 0. The van der Waals surface area contributed by atoms with E-state index in [-0.39, 0.29) is 0 Å². The molecule has 4 nitrogen and oxygen atoms in total. The first-order chi connectivity index (χ1) is 8.28. The van der Waals surface area contributed by atoms with Gasteiger partial charge in [-0.1, -0.05) is 6.07 Å². The van der Waals surface area contributed by atoms with E-state index in [0.29, 0.717) is 11.5 Å². The van der Waals surface area contributed by atoms with Crippen molar-refractivity contribution in [2.24, 2.45) is 0 Å². The predicted octanol–water partition coefficient (Wildman–Crippen LogP) is 2.72. The first-order valence-electron chi connectivity index (χ1n) is 5.28. The molecule has 0 saturated heterocycles. The number of nitrogens with zero attached hydrogens (tertiary/aromatic N) is 2. The van der Waals surface area contributed by atoms with Gasteiger partial charge < -0.3 is 4.42 Å². The zero-order valence-corrected chi connectivity index (χ0v) is 9.25. The quantitative estimate of drug-likeness (QED) is 0.631. The number of fused-ring (bicyclic) bond motifs is 1. The molecule has 0 spiro atoms. The lowest BCUT2D eigenvalue weighted by Crippen LogP contribution is -1.91. The molecule has 0 aliphatic heterocycles. The van der Waals surface area contributed by atoms with Crippen LogP contribution in [0.2, 0.25) is 0 Å². The van der Waals surface area contributed by atoms with Gasteiger partial charge >= 0.3 is 0 Å². The average Bonchev–Trinajstić information content (AvgIpc) is 2.93. The Hall–Kier alpha value is -2.36. The monoisotopic (exact) mass is 226 g/mol. The number of hydrogen-bond acceptors (Lipinski definition) is 3. The number of pyridine rings is 1. The van der Waals surface area contributed by atoms with Gasteiger partial charge in [0.15, 0.2) is 12.0 Å². The Morgan fingerprint density at radius 2 is 2.18 bits per heavy atom. The SMILES string of the molecule is Cc1ccc(-c2cn3c(C=O)cccc3n2)o1. The van der Waals surface area contributed by atoms with Crippen molar-refractivity contribution in [3.05, 3.63) is 48.0 Å². The first kappa shape index (κ1) is 9.84. The van der Waals surface area contributed by atoms with Crippen LogP contribution in [0.5, 0.6) is 0 Å². The van der Waals surface area contributed by atoms with Crippen LogP contribution in [0.1, 0.15) is 16.2 Å². The molecular formula is C13H10N2O2. The van der Waals surface area contributed by atoms with Gasteiger partial charge in [0.1, 0.15) is 17.1 Å². The Labute approximate surface area is 97.5 Å². The fourth-order valence-electron chi connectivity index (χ4n) is 1.82. The minimum absolute atomic E-state index is 0.574. The molecule has 0 N–H and O–H groups in total. The highest BCUT2D eigenvalue weighted by Crippen LogP contribution is 2.21. The zero-order valence-electron chi connectivity index (χ0n) is 9.25. The smallest absolute Gasteiger partial charge is 0.166 e. The molecule has 0 aliphatic rings. The number of imidazole rings is 1. The number of rotatable bonds is 2. The van der Waals surface area contributed by atoms with Crippen LogP contribution < -0.4 is 0 Å². The Morgan fingerprint density at radius 1 is 1.29 bits per heavy atom. The molecule has 0 aliphatic carbocycles. The molecule has 0 atom stereocenters. The summed E-state index contributed by atoms with van der Waals surface area (Å²) in [6.07, 6.45) is 2.61. The predicted molar refractivity (Wildman–Crippen MR) is 63.0 cm³/mol. The fraction of sp³-hybridized carbons (Fsp3) is 0.0769. The largest absolute Gasteiger partial charge is 0.460 e. The molecule has 3 rings (SSSR count). The molecule has 0 unspecified atom stereocenters. The Morgan fingerprint density at radius 3 is 2.88 bits per heavy atom. The van der Waals surface area contributed by atoms with Gasteiger partial charge in [0.05, 0.1) is 5.69 Å².